The summed E-state index contributed by atoms with van der Waals surface area (Å²) in [5.74, 6) is 0.774. The smallest absolute Gasteiger partial charge is 0.0797 e. The highest BCUT2D eigenvalue weighted by molar-refractivity contribution is 5.59. The molecule has 0 amide bonds. The van der Waals surface area contributed by atoms with Gasteiger partial charge in [0.15, 0.2) is 0 Å². The number of fused-ring (bicyclic) bond motifs is 3. The van der Waals surface area contributed by atoms with Gasteiger partial charge in [0.05, 0.1) is 24.8 Å². The van der Waals surface area contributed by atoms with Crippen LogP contribution in [0.25, 0.3) is 0 Å². The largest absolute Gasteiger partial charge is 0.371 e. The van der Waals surface area contributed by atoms with Crippen LogP contribution in [-0.4, -0.2) is 55.5 Å². The van der Waals surface area contributed by atoms with Gasteiger partial charge in [-0.15, -0.1) is 0 Å². The van der Waals surface area contributed by atoms with Gasteiger partial charge in [-0.1, -0.05) is 0 Å². The Bertz CT molecular complexity index is 273. The highest BCUT2D eigenvalue weighted by atomic mass is 16.5. The molecule has 0 aromatic heterocycles. The third-order valence-corrected chi connectivity index (χ3v) is 4.21. The summed E-state index contributed by atoms with van der Waals surface area (Å²) in [6.07, 6.45) is 6.09. The molecular weight excluding hydrogens is 202 g/mol. The van der Waals surface area contributed by atoms with Gasteiger partial charge in [-0.2, -0.15) is 0 Å². The molecule has 4 aliphatic rings. The molecule has 0 spiro atoms. The fourth-order valence-corrected chi connectivity index (χ4v) is 3.11. The summed E-state index contributed by atoms with van der Waals surface area (Å²) < 4.78 is 6.22. The van der Waals surface area contributed by atoms with E-state index in [1.54, 1.807) is 0 Å². The van der Waals surface area contributed by atoms with Crippen molar-refractivity contribution >= 4 is 6.21 Å². The minimum atomic E-state index is 0.0976. The molecule has 3 atom stereocenters. The van der Waals surface area contributed by atoms with Gasteiger partial charge in [0.2, 0.25) is 0 Å². The van der Waals surface area contributed by atoms with E-state index < -0.39 is 0 Å². The lowest BCUT2D eigenvalue weighted by molar-refractivity contribution is -0.106. The van der Waals surface area contributed by atoms with E-state index in [4.69, 9.17) is 10.5 Å². The van der Waals surface area contributed by atoms with E-state index in [0.717, 1.165) is 25.4 Å². The number of hydrogen-bond acceptors (Lipinski definition) is 4. The lowest BCUT2D eigenvalue weighted by Gasteiger charge is -2.46. The molecule has 4 nitrogen and oxygen atoms in total. The Kier molecular flexibility index (Phi) is 2.96. The van der Waals surface area contributed by atoms with Crippen LogP contribution >= 0.6 is 0 Å². The highest BCUT2D eigenvalue weighted by Crippen LogP contribution is 2.30. The lowest BCUT2D eigenvalue weighted by atomic mass is 9.85. The number of ether oxygens (including phenoxy) is 1. The van der Waals surface area contributed by atoms with Gasteiger partial charge >= 0.3 is 0 Å². The molecule has 2 bridgehead atoms. The van der Waals surface area contributed by atoms with Crippen molar-refractivity contribution in [2.24, 2.45) is 16.6 Å². The maximum Gasteiger partial charge on any atom is 0.0797 e. The Morgan fingerprint density at radius 1 is 1.25 bits per heavy atom. The fourth-order valence-electron chi connectivity index (χ4n) is 3.11. The number of rotatable bonds is 2. The normalized spacial score (nSPS) is 47.2. The highest BCUT2D eigenvalue weighted by Gasteiger charge is 2.37. The van der Waals surface area contributed by atoms with Crippen molar-refractivity contribution in [3.8, 4) is 0 Å². The van der Waals surface area contributed by atoms with Crippen LogP contribution in [-0.2, 0) is 4.74 Å². The van der Waals surface area contributed by atoms with Gasteiger partial charge in [0, 0.05) is 19.2 Å². The third kappa shape index (κ3) is 2.01. The average Bonchev–Trinajstić information content (AvgIpc) is 2.34. The number of nitrogens with zero attached hydrogens (tertiary/aromatic N) is 2. The molecule has 4 rings (SSSR count). The van der Waals surface area contributed by atoms with Crippen molar-refractivity contribution in [2.45, 2.75) is 37.5 Å². The zero-order valence-corrected chi connectivity index (χ0v) is 9.72. The molecule has 2 N–H and O–H groups in total. The van der Waals surface area contributed by atoms with E-state index in [-0.39, 0.29) is 12.1 Å². The summed E-state index contributed by atoms with van der Waals surface area (Å²) in [6.45, 7) is 4.38. The van der Waals surface area contributed by atoms with Crippen molar-refractivity contribution in [3.63, 3.8) is 0 Å². The van der Waals surface area contributed by atoms with E-state index in [2.05, 4.69) is 9.89 Å². The first-order chi connectivity index (χ1) is 7.83. The Labute approximate surface area is 96.8 Å². The molecular formula is C12H21N3O. The minimum Gasteiger partial charge on any atom is -0.371 e. The second kappa shape index (κ2) is 4.43. The van der Waals surface area contributed by atoms with Crippen molar-refractivity contribution in [1.82, 2.24) is 4.90 Å². The summed E-state index contributed by atoms with van der Waals surface area (Å²) in [7, 11) is 0. The van der Waals surface area contributed by atoms with Crippen LogP contribution in [0.3, 0.4) is 0 Å². The van der Waals surface area contributed by atoms with Crippen LogP contribution in [0.15, 0.2) is 4.99 Å². The predicted octanol–water partition coefficient (Wildman–Crippen LogP) is 0.268. The Morgan fingerprint density at radius 2 is 2.06 bits per heavy atom. The molecule has 0 saturated carbocycles. The van der Waals surface area contributed by atoms with Crippen LogP contribution in [0.1, 0.15) is 19.3 Å². The zero-order valence-electron chi connectivity index (χ0n) is 9.72. The fraction of sp³-hybridized carbons (Fsp3) is 0.917. The second-order valence-corrected chi connectivity index (χ2v) is 5.30. The molecule has 90 valence electrons. The summed E-state index contributed by atoms with van der Waals surface area (Å²) in [4.78, 5) is 6.73. The van der Waals surface area contributed by atoms with Crippen molar-refractivity contribution in [2.75, 3.05) is 26.2 Å². The van der Waals surface area contributed by atoms with Crippen LogP contribution in [0.5, 0.6) is 0 Å². The van der Waals surface area contributed by atoms with Crippen molar-refractivity contribution < 1.29 is 4.74 Å². The lowest BCUT2D eigenvalue weighted by Crippen LogP contribution is -2.54. The van der Waals surface area contributed by atoms with Gasteiger partial charge in [0.1, 0.15) is 0 Å². The number of piperidine rings is 3. The van der Waals surface area contributed by atoms with Crippen molar-refractivity contribution in [1.29, 1.82) is 0 Å². The molecule has 16 heavy (non-hydrogen) atoms. The minimum absolute atomic E-state index is 0.0976. The maximum absolute atomic E-state index is 6.22. The molecule has 0 aromatic carbocycles. The van der Waals surface area contributed by atoms with Gasteiger partial charge < -0.3 is 15.4 Å². The van der Waals surface area contributed by atoms with Crippen LogP contribution in [0.4, 0.5) is 0 Å². The van der Waals surface area contributed by atoms with Crippen LogP contribution in [0.2, 0.25) is 0 Å². The topological polar surface area (TPSA) is 50.9 Å². The molecule has 3 fully saturated rings. The van der Waals surface area contributed by atoms with Gasteiger partial charge in [-0.05, 0) is 31.8 Å². The molecule has 4 aliphatic heterocycles. The quantitative estimate of drug-likeness (QED) is 0.731. The van der Waals surface area contributed by atoms with Gasteiger partial charge in [-0.3, -0.25) is 4.99 Å². The SMILES string of the molecule is NC1CN=CCC1O[C@H]1CN2CCC1CC2. The first-order valence-electron chi connectivity index (χ1n) is 6.44. The summed E-state index contributed by atoms with van der Waals surface area (Å²) in [6, 6.07) is 0.0976. The molecule has 0 aliphatic carbocycles. The van der Waals surface area contributed by atoms with E-state index >= 15 is 0 Å². The van der Waals surface area contributed by atoms with E-state index in [1.165, 1.54) is 25.9 Å². The maximum atomic E-state index is 6.22. The van der Waals surface area contributed by atoms with Gasteiger partial charge in [-0.25, -0.2) is 0 Å². The first-order valence-corrected chi connectivity index (χ1v) is 6.44. The Morgan fingerprint density at radius 3 is 2.69 bits per heavy atom. The van der Waals surface area contributed by atoms with Crippen LogP contribution in [0, 0.1) is 5.92 Å². The predicted molar refractivity (Wildman–Crippen MR) is 63.8 cm³/mol. The molecule has 4 heterocycles. The van der Waals surface area contributed by atoms with Gasteiger partial charge in [0.25, 0.3) is 0 Å². The number of hydrogen-bond donors (Lipinski definition) is 1. The monoisotopic (exact) mass is 223 g/mol. The standard InChI is InChI=1S/C12H21N3O/c13-10-7-14-4-1-11(10)16-12-8-15-5-2-9(12)3-6-15/h4,9-12H,1-3,5-8,13H2/t10?,11?,12-/m0/s1. The van der Waals surface area contributed by atoms with E-state index in [0.29, 0.717) is 6.10 Å². The summed E-state index contributed by atoms with van der Waals surface area (Å²) >= 11 is 0. The number of nitrogens with two attached hydrogens (primary N) is 1. The Balaban J connectivity index is 1.60. The molecule has 0 aromatic rings. The van der Waals surface area contributed by atoms with E-state index in [9.17, 15) is 0 Å². The molecule has 4 heteroatoms. The van der Waals surface area contributed by atoms with E-state index in [1.807, 2.05) is 6.21 Å². The molecule has 2 unspecified atom stereocenters. The summed E-state index contributed by atoms with van der Waals surface area (Å²) in [5.41, 5.74) is 6.04. The summed E-state index contributed by atoms with van der Waals surface area (Å²) in [5, 5.41) is 0. The second-order valence-electron chi connectivity index (χ2n) is 5.30. The van der Waals surface area contributed by atoms with Crippen LogP contribution < -0.4 is 5.73 Å². The Hall–Kier alpha value is -0.450. The average molecular weight is 223 g/mol. The van der Waals surface area contributed by atoms with Crippen molar-refractivity contribution in [3.05, 3.63) is 0 Å². The first kappa shape index (κ1) is 10.7. The number of aliphatic imine (C=N–C) groups is 1. The molecule has 0 radical (unpaired) electrons. The third-order valence-electron chi connectivity index (χ3n) is 4.21. The molecule has 3 saturated heterocycles. The zero-order chi connectivity index (χ0) is 11.0.